The molecule has 5 aliphatic rings. The van der Waals surface area contributed by atoms with Gasteiger partial charge in [0.05, 0.1) is 24.5 Å². The molecule has 320 valence electrons. The quantitative estimate of drug-likeness (QED) is 0.165. The van der Waals surface area contributed by atoms with E-state index in [1.807, 2.05) is 22.8 Å². The number of hydrogen-bond acceptors (Lipinski definition) is 10. The van der Waals surface area contributed by atoms with E-state index in [4.69, 9.17) is 0 Å². The molecule has 13 nitrogen and oxygen atoms in total. The number of piperazine rings is 1. The van der Waals surface area contributed by atoms with Crippen LogP contribution in [0.5, 0.6) is 0 Å². The molecular formula is C46H47F2N9O4S. The Morgan fingerprint density at radius 1 is 0.871 bits per heavy atom. The molecule has 7 heterocycles. The van der Waals surface area contributed by atoms with Crippen LogP contribution in [-0.2, 0) is 40.4 Å². The van der Waals surface area contributed by atoms with Crippen molar-refractivity contribution in [1.82, 2.24) is 34.6 Å². The van der Waals surface area contributed by atoms with Gasteiger partial charge in [-0.25, -0.2) is 18.7 Å². The maximum Gasteiger partial charge on any atom is 0.255 e. The highest BCUT2D eigenvalue weighted by atomic mass is 32.1. The molecule has 2 N–H and O–H groups in total. The minimum Gasteiger partial charge on any atom is -0.369 e. The summed E-state index contributed by atoms with van der Waals surface area (Å²) in [5.74, 6) is -3.08. The number of nitrogens with zero attached hydrogens (tertiary/aromatic N) is 7. The van der Waals surface area contributed by atoms with Crippen molar-refractivity contribution in [1.29, 1.82) is 0 Å². The first-order valence-corrected chi connectivity index (χ1v) is 22.4. The van der Waals surface area contributed by atoms with Gasteiger partial charge in [0.15, 0.2) is 11.2 Å². The lowest BCUT2D eigenvalue weighted by Crippen LogP contribution is -2.53. The fourth-order valence-corrected chi connectivity index (χ4v) is 10.5. The minimum absolute atomic E-state index is 0.0438. The third-order valence-corrected chi connectivity index (χ3v) is 14.0. The molecule has 4 amide bonds. The van der Waals surface area contributed by atoms with E-state index in [0.717, 1.165) is 94.0 Å². The van der Waals surface area contributed by atoms with E-state index in [9.17, 15) is 19.2 Å². The third kappa shape index (κ3) is 7.79. The van der Waals surface area contributed by atoms with E-state index >= 15 is 8.78 Å². The summed E-state index contributed by atoms with van der Waals surface area (Å²) in [6.45, 7) is 6.90. The lowest BCUT2D eigenvalue weighted by molar-refractivity contribution is -0.134. The van der Waals surface area contributed by atoms with Gasteiger partial charge >= 0.3 is 0 Å². The molecule has 16 heteroatoms. The van der Waals surface area contributed by atoms with Gasteiger partial charge < -0.3 is 14.4 Å². The van der Waals surface area contributed by atoms with Crippen molar-refractivity contribution in [3.8, 4) is 11.1 Å². The second kappa shape index (κ2) is 16.8. The Hall–Kier alpha value is -5.84. The number of imidazole rings is 1. The molecule has 2 atom stereocenters. The summed E-state index contributed by atoms with van der Waals surface area (Å²) in [6.07, 6.45) is 7.60. The summed E-state index contributed by atoms with van der Waals surface area (Å²) < 4.78 is 33.1. The van der Waals surface area contributed by atoms with E-state index in [0.29, 0.717) is 41.0 Å². The van der Waals surface area contributed by atoms with Crippen LogP contribution in [0.2, 0.25) is 0 Å². The number of carbonyl (C=O) groups excluding carboxylic acids is 4. The number of nitrogens with one attached hydrogen (secondary N) is 2. The molecule has 5 aromatic rings. The predicted octanol–water partition coefficient (Wildman–Crippen LogP) is 5.87. The fraction of sp³-hybridized carbons (Fsp3) is 0.391. The fourth-order valence-electron chi connectivity index (χ4n) is 10.0. The summed E-state index contributed by atoms with van der Waals surface area (Å²) in [5, 5.41) is 7.35. The van der Waals surface area contributed by atoms with Crippen LogP contribution in [0.4, 0.5) is 19.6 Å². The monoisotopic (exact) mass is 859 g/mol. The van der Waals surface area contributed by atoms with Crippen molar-refractivity contribution in [2.45, 2.75) is 76.2 Å². The number of piperidine rings is 2. The van der Waals surface area contributed by atoms with Gasteiger partial charge in [0, 0.05) is 91.4 Å². The van der Waals surface area contributed by atoms with Gasteiger partial charge in [0.2, 0.25) is 11.8 Å². The van der Waals surface area contributed by atoms with E-state index in [2.05, 4.69) is 47.4 Å². The Balaban J connectivity index is 0.745. The number of fused-ring (bicyclic) bond motifs is 2. The van der Waals surface area contributed by atoms with Crippen LogP contribution in [0.15, 0.2) is 72.5 Å². The number of likely N-dealkylation sites (tertiary alicyclic amines) is 1. The molecule has 3 saturated heterocycles. The number of carbonyl (C=O) groups is 4. The Labute approximate surface area is 361 Å². The highest BCUT2D eigenvalue weighted by molar-refractivity contribution is 7.13. The maximum absolute atomic E-state index is 15.9. The number of thiazole rings is 1. The molecule has 3 aromatic carbocycles. The number of imide groups is 1. The number of amides is 4. The van der Waals surface area contributed by atoms with Crippen molar-refractivity contribution in [2.75, 3.05) is 49.5 Å². The molecule has 5 aliphatic heterocycles. The molecule has 3 fully saturated rings. The minimum atomic E-state index is -1.04. The summed E-state index contributed by atoms with van der Waals surface area (Å²) in [6, 6.07) is 15.9. The van der Waals surface area contributed by atoms with Crippen molar-refractivity contribution >= 4 is 45.8 Å². The normalized spacial score (nSPS) is 20.4. The van der Waals surface area contributed by atoms with Gasteiger partial charge in [-0.15, -0.1) is 11.3 Å². The highest BCUT2D eigenvalue weighted by Gasteiger charge is 2.42. The molecule has 0 saturated carbocycles. The number of halogens is 2. The average molecular weight is 860 g/mol. The standard InChI is InChI=1S/C46H47F2N9O4S/c47-37-22-28(3-8-33(37)34-9-10-40(58)51-43(34)59)25-53-15-11-32(12-16-53)55-19-17-54(18-20-55)31-6-4-29(5-7-31)30-23-35-36(38(48)24-30)26-57(45(35)61)42(44(60)52-46-49-13-21-62-46)41-39-2-1-14-56(39)27-50-41/h3-8,13,21-24,27,32,34,42H,1-2,9-12,14-20,25-26H2,(H,49,52,60)(H,51,58,59). The first-order valence-electron chi connectivity index (χ1n) is 21.5. The Kier molecular flexibility index (Phi) is 10.9. The van der Waals surface area contributed by atoms with E-state index in [1.165, 1.54) is 28.4 Å². The Bertz CT molecular complexity index is 2530. The van der Waals surface area contributed by atoms with Gasteiger partial charge in [-0.2, -0.15) is 0 Å². The van der Waals surface area contributed by atoms with E-state index in [1.54, 1.807) is 30.0 Å². The van der Waals surface area contributed by atoms with Gasteiger partial charge in [0.25, 0.3) is 11.8 Å². The summed E-state index contributed by atoms with van der Waals surface area (Å²) in [5.41, 5.74) is 5.67. The number of rotatable bonds is 10. The maximum atomic E-state index is 15.9. The lowest BCUT2D eigenvalue weighted by Gasteiger charge is -2.43. The molecule has 0 aliphatic carbocycles. The molecule has 2 unspecified atom stereocenters. The predicted molar refractivity (Wildman–Crippen MR) is 229 cm³/mol. The van der Waals surface area contributed by atoms with Crippen molar-refractivity contribution in [3.63, 3.8) is 0 Å². The Morgan fingerprint density at radius 2 is 1.68 bits per heavy atom. The van der Waals surface area contributed by atoms with E-state index < -0.39 is 41.3 Å². The number of anilines is 2. The summed E-state index contributed by atoms with van der Waals surface area (Å²) in [7, 11) is 0. The van der Waals surface area contributed by atoms with E-state index in [-0.39, 0.29) is 30.0 Å². The van der Waals surface area contributed by atoms with Crippen molar-refractivity contribution in [3.05, 3.63) is 118 Å². The zero-order valence-corrected chi connectivity index (χ0v) is 35.0. The largest absolute Gasteiger partial charge is 0.369 e. The number of benzene rings is 3. The molecule has 0 spiro atoms. The highest BCUT2D eigenvalue weighted by Crippen LogP contribution is 2.38. The molecule has 10 rings (SSSR count). The van der Waals surface area contributed by atoms with Gasteiger partial charge in [-0.1, -0.05) is 24.3 Å². The number of aromatic nitrogens is 3. The Morgan fingerprint density at radius 3 is 2.42 bits per heavy atom. The van der Waals surface area contributed by atoms with Gasteiger partial charge in [-0.3, -0.25) is 39.6 Å². The molecule has 0 radical (unpaired) electrons. The zero-order chi connectivity index (χ0) is 42.5. The topological polar surface area (TPSA) is 136 Å². The first-order chi connectivity index (χ1) is 30.2. The average Bonchev–Trinajstić information content (AvgIpc) is 4.10. The van der Waals surface area contributed by atoms with Crippen LogP contribution in [0.3, 0.4) is 0 Å². The number of aryl methyl sites for hydroxylation is 1. The van der Waals surface area contributed by atoms with Crippen molar-refractivity contribution < 1.29 is 28.0 Å². The van der Waals surface area contributed by atoms with Crippen molar-refractivity contribution in [2.24, 2.45) is 0 Å². The number of hydrogen-bond donors (Lipinski definition) is 2. The lowest BCUT2D eigenvalue weighted by atomic mass is 9.89. The summed E-state index contributed by atoms with van der Waals surface area (Å²) in [4.78, 5) is 69.3. The first kappa shape index (κ1) is 40.2. The van der Waals surface area contributed by atoms with Crippen LogP contribution < -0.4 is 15.5 Å². The second-order valence-electron chi connectivity index (χ2n) is 17.0. The second-order valence-corrected chi connectivity index (χ2v) is 17.9. The summed E-state index contributed by atoms with van der Waals surface area (Å²) >= 11 is 1.28. The van der Waals surface area contributed by atoms with Gasteiger partial charge in [-0.05, 0) is 92.2 Å². The molecule has 2 aromatic heterocycles. The molecular weight excluding hydrogens is 813 g/mol. The SMILES string of the molecule is O=C1CCC(c2ccc(CN3CCC(N4CCN(c5ccc(-c6cc(F)c7c(c6)C(=O)N(C(C(=O)Nc6nccs6)c6ncn8c6CCC8)C7)cc5)CC4)CC3)cc2F)C(=O)N1. The molecule has 62 heavy (non-hydrogen) atoms. The zero-order valence-electron chi connectivity index (χ0n) is 34.2. The third-order valence-electron chi connectivity index (χ3n) is 13.3. The van der Waals surface area contributed by atoms with Crippen LogP contribution in [0, 0.1) is 11.6 Å². The van der Waals surface area contributed by atoms with Crippen LogP contribution >= 0.6 is 11.3 Å². The van der Waals surface area contributed by atoms with Crippen LogP contribution in [0.25, 0.3) is 11.1 Å². The van der Waals surface area contributed by atoms with Crippen LogP contribution in [0.1, 0.15) is 82.5 Å². The smallest absolute Gasteiger partial charge is 0.255 e. The molecule has 0 bridgehead atoms. The van der Waals surface area contributed by atoms with Gasteiger partial charge in [0.1, 0.15) is 11.6 Å². The van der Waals surface area contributed by atoms with Crippen LogP contribution in [-0.4, -0.2) is 98.2 Å².